The molecule has 1 aromatic carbocycles. The number of nitrogens with zero attached hydrogens (tertiary/aromatic N) is 1. The second kappa shape index (κ2) is 7.30. The molecule has 0 radical (unpaired) electrons. The molecule has 0 spiro atoms. The van der Waals surface area contributed by atoms with E-state index in [1.165, 1.54) is 0 Å². The van der Waals surface area contributed by atoms with E-state index in [4.69, 9.17) is 5.11 Å². The van der Waals surface area contributed by atoms with Gasteiger partial charge in [-0.2, -0.15) is 0 Å². The monoisotopic (exact) mass is 237 g/mol. The predicted molar refractivity (Wildman–Crippen MR) is 71.3 cm³/mol. The van der Waals surface area contributed by atoms with Crippen molar-refractivity contribution in [2.45, 2.75) is 32.3 Å². The van der Waals surface area contributed by atoms with Crippen LogP contribution in [-0.2, 0) is 0 Å². The summed E-state index contributed by atoms with van der Waals surface area (Å²) in [6.45, 7) is 3.01. The Bertz CT molecular complexity index is 326. The van der Waals surface area contributed by atoms with Gasteiger partial charge in [0.05, 0.1) is 6.10 Å². The molecule has 17 heavy (non-hydrogen) atoms. The van der Waals surface area contributed by atoms with Crippen molar-refractivity contribution in [3.63, 3.8) is 0 Å². The van der Waals surface area contributed by atoms with Gasteiger partial charge in [-0.25, -0.2) is 0 Å². The van der Waals surface area contributed by atoms with Gasteiger partial charge in [0.2, 0.25) is 0 Å². The Labute approximate surface area is 104 Å². The number of rotatable bonds is 7. The molecule has 1 atom stereocenters. The fraction of sp³-hybridized carbons (Fsp3) is 0.571. The third kappa shape index (κ3) is 4.36. The maximum atomic E-state index is 9.70. The Kier molecular flexibility index (Phi) is 6.01. The first-order chi connectivity index (χ1) is 8.16. The number of anilines is 1. The summed E-state index contributed by atoms with van der Waals surface area (Å²) in [7, 11) is 2.04. The Balaban J connectivity index is 2.58. The highest BCUT2D eigenvalue weighted by atomic mass is 16.3. The molecule has 0 aliphatic carbocycles. The molecule has 0 fully saturated rings. The van der Waals surface area contributed by atoms with Gasteiger partial charge in [0.25, 0.3) is 0 Å². The number of aliphatic hydroxyl groups is 2. The maximum Gasteiger partial charge on any atom is 0.0781 e. The van der Waals surface area contributed by atoms with Crippen molar-refractivity contribution in [2.24, 2.45) is 0 Å². The van der Waals surface area contributed by atoms with Gasteiger partial charge in [-0.15, -0.1) is 0 Å². The lowest BCUT2D eigenvalue weighted by atomic mass is 10.1. The molecule has 3 heteroatoms. The molecule has 2 N–H and O–H groups in total. The van der Waals surface area contributed by atoms with Crippen LogP contribution in [0.15, 0.2) is 24.3 Å². The zero-order chi connectivity index (χ0) is 12.7. The van der Waals surface area contributed by atoms with E-state index in [1.54, 1.807) is 6.92 Å². The summed E-state index contributed by atoms with van der Waals surface area (Å²) in [5.74, 6) is 0. The molecular weight excluding hydrogens is 214 g/mol. The minimum Gasteiger partial charge on any atom is -0.396 e. The highest BCUT2D eigenvalue weighted by Crippen LogP contribution is 2.25. The normalized spacial score (nSPS) is 12.5. The van der Waals surface area contributed by atoms with Crippen LogP contribution in [0.5, 0.6) is 0 Å². The molecule has 0 saturated carbocycles. The van der Waals surface area contributed by atoms with Crippen molar-refractivity contribution >= 4 is 5.69 Å². The zero-order valence-corrected chi connectivity index (χ0v) is 10.8. The van der Waals surface area contributed by atoms with Crippen molar-refractivity contribution in [3.8, 4) is 0 Å². The van der Waals surface area contributed by atoms with Crippen molar-refractivity contribution in [1.82, 2.24) is 0 Å². The number of aliphatic hydroxyl groups excluding tert-OH is 2. The summed E-state index contributed by atoms with van der Waals surface area (Å²) in [6, 6.07) is 7.94. The SMILES string of the molecule is CC(O)c1ccccc1N(C)CCCCCO. The number of unbranched alkanes of at least 4 members (excludes halogenated alkanes) is 2. The van der Waals surface area contributed by atoms with Crippen molar-refractivity contribution in [2.75, 3.05) is 25.1 Å². The van der Waals surface area contributed by atoms with Crippen LogP contribution in [0.3, 0.4) is 0 Å². The van der Waals surface area contributed by atoms with Gasteiger partial charge in [-0.1, -0.05) is 18.2 Å². The molecule has 0 heterocycles. The number of hydrogen-bond donors (Lipinski definition) is 2. The summed E-state index contributed by atoms with van der Waals surface area (Å²) >= 11 is 0. The average molecular weight is 237 g/mol. The predicted octanol–water partition coefficient (Wildman–Crippen LogP) is 2.34. The van der Waals surface area contributed by atoms with Gasteiger partial charge < -0.3 is 15.1 Å². The fourth-order valence-corrected chi connectivity index (χ4v) is 1.95. The lowest BCUT2D eigenvalue weighted by Gasteiger charge is -2.23. The van der Waals surface area contributed by atoms with Gasteiger partial charge in [-0.3, -0.25) is 0 Å². The molecule has 0 bridgehead atoms. The first-order valence-corrected chi connectivity index (χ1v) is 6.25. The van der Waals surface area contributed by atoms with E-state index in [-0.39, 0.29) is 6.61 Å². The molecule has 96 valence electrons. The van der Waals surface area contributed by atoms with E-state index >= 15 is 0 Å². The van der Waals surface area contributed by atoms with E-state index in [9.17, 15) is 5.11 Å². The maximum absolute atomic E-state index is 9.70. The van der Waals surface area contributed by atoms with E-state index < -0.39 is 6.10 Å². The Morgan fingerprint density at radius 3 is 2.53 bits per heavy atom. The minimum atomic E-state index is -0.439. The number of para-hydroxylation sites is 1. The van der Waals surface area contributed by atoms with Crippen LogP contribution in [0.25, 0.3) is 0 Å². The van der Waals surface area contributed by atoms with Crippen LogP contribution in [-0.4, -0.2) is 30.4 Å². The van der Waals surface area contributed by atoms with Crippen LogP contribution in [0.2, 0.25) is 0 Å². The van der Waals surface area contributed by atoms with Crippen molar-refractivity contribution in [3.05, 3.63) is 29.8 Å². The summed E-state index contributed by atoms with van der Waals surface area (Å²) in [5.41, 5.74) is 2.06. The zero-order valence-electron chi connectivity index (χ0n) is 10.8. The largest absolute Gasteiger partial charge is 0.396 e. The summed E-state index contributed by atoms with van der Waals surface area (Å²) in [6.07, 6.45) is 2.53. The average Bonchev–Trinajstić information content (AvgIpc) is 2.34. The highest BCUT2D eigenvalue weighted by Gasteiger charge is 2.10. The Morgan fingerprint density at radius 2 is 1.88 bits per heavy atom. The summed E-state index contributed by atoms with van der Waals surface area (Å²) < 4.78 is 0. The quantitative estimate of drug-likeness (QED) is 0.715. The van der Waals surface area contributed by atoms with Crippen molar-refractivity contribution in [1.29, 1.82) is 0 Å². The van der Waals surface area contributed by atoms with Crippen LogP contribution < -0.4 is 4.90 Å². The summed E-state index contributed by atoms with van der Waals surface area (Å²) in [4.78, 5) is 2.17. The van der Waals surface area contributed by atoms with Crippen LogP contribution in [0.1, 0.15) is 37.9 Å². The molecule has 1 aromatic rings. The smallest absolute Gasteiger partial charge is 0.0781 e. The van der Waals surface area contributed by atoms with Gasteiger partial charge in [0.1, 0.15) is 0 Å². The van der Waals surface area contributed by atoms with E-state index in [0.29, 0.717) is 0 Å². The molecule has 3 nitrogen and oxygen atoms in total. The standard InChI is InChI=1S/C14H23NO2/c1-12(17)13-8-4-5-9-14(13)15(2)10-6-3-7-11-16/h4-5,8-9,12,16-17H,3,6-7,10-11H2,1-2H3. The Morgan fingerprint density at radius 1 is 1.18 bits per heavy atom. The van der Waals surface area contributed by atoms with Gasteiger partial charge in [-0.05, 0) is 32.3 Å². The molecule has 0 aromatic heterocycles. The molecule has 1 unspecified atom stereocenters. The second-order valence-corrected chi connectivity index (χ2v) is 4.44. The van der Waals surface area contributed by atoms with E-state index in [1.807, 2.05) is 31.3 Å². The molecule has 0 saturated heterocycles. The first kappa shape index (κ1) is 14.0. The molecule has 0 aliphatic rings. The Hall–Kier alpha value is -1.06. The minimum absolute atomic E-state index is 0.272. The molecule has 1 rings (SSSR count). The van der Waals surface area contributed by atoms with E-state index in [2.05, 4.69) is 4.90 Å². The highest BCUT2D eigenvalue weighted by molar-refractivity contribution is 5.53. The second-order valence-electron chi connectivity index (χ2n) is 4.44. The summed E-state index contributed by atoms with van der Waals surface area (Å²) in [5, 5.41) is 18.4. The molecular formula is C14H23NO2. The lowest BCUT2D eigenvalue weighted by Crippen LogP contribution is -2.20. The van der Waals surface area contributed by atoms with Gasteiger partial charge >= 0.3 is 0 Å². The van der Waals surface area contributed by atoms with Crippen LogP contribution in [0, 0.1) is 0 Å². The van der Waals surface area contributed by atoms with E-state index in [0.717, 1.165) is 37.1 Å². The van der Waals surface area contributed by atoms with Crippen molar-refractivity contribution < 1.29 is 10.2 Å². The van der Waals surface area contributed by atoms with Gasteiger partial charge in [0, 0.05) is 31.5 Å². The number of hydrogen-bond acceptors (Lipinski definition) is 3. The third-order valence-corrected chi connectivity index (χ3v) is 2.95. The number of benzene rings is 1. The fourth-order valence-electron chi connectivity index (χ4n) is 1.95. The molecule has 0 amide bonds. The molecule has 0 aliphatic heterocycles. The third-order valence-electron chi connectivity index (χ3n) is 2.95. The topological polar surface area (TPSA) is 43.7 Å². The van der Waals surface area contributed by atoms with Crippen LogP contribution in [0.4, 0.5) is 5.69 Å². The van der Waals surface area contributed by atoms with Gasteiger partial charge in [0.15, 0.2) is 0 Å². The lowest BCUT2D eigenvalue weighted by molar-refractivity contribution is 0.199. The van der Waals surface area contributed by atoms with Crippen LogP contribution >= 0.6 is 0 Å². The first-order valence-electron chi connectivity index (χ1n) is 6.25.